The molecule has 1 fully saturated rings. The summed E-state index contributed by atoms with van der Waals surface area (Å²) >= 11 is 0. The van der Waals surface area contributed by atoms with Crippen molar-refractivity contribution < 1.29 is 17.9 Å². The van der Waals surface area contributed by atoms with Gasteiger partial charge in [-0.3, -0.25) is 0 Å². The third-order valence-corrected chi connectivity index (χ3v) is 4.35. The summed E-state index contributed by atoms with van der Waals surface area (Å²) in [5.74, 6) is -0.0750. The molecule has 0 amide bonds. The first kappa shape index (κ1) is 13.3. The quantitative estimate of drug-likeness (QED) is 0.511. The second-order valence-corrected chi connectivity index (χ2v) is 5.66. The standard InChI is InChI=1S/C9H16N2O4S/c1-15-6-7-16(13,14)11-5-3-2-4-9(11)10-8-12/h9H,2-7H2,1H3. The van der Waals surface area contributed by atoms with E-state index in [1.807, 2.05) is 0 Å². The number of hydrogen-bond acceptors (Lipinski definition) is 5. The van der Waals surface area contributed by atoms with Crippen LogP contribution in [-0.2, 0) is 19.6 Å². The zero-order valence-corrected chi connectivity index (χ0v) is 10.1. The highest BCUT2D eigenvalue weighted by Gasteiger charge is 2.31. The molecule has 1 saturated heterocycles. The van der Waals surface area contributed by atoms with Crippen molar-refractivity contribution >= 4 is 16.1 Å². The van der Waals surface area contributed by atoms with E-state index >= 15 is 0 Å². The molecule has 1 aliphatic rings. The third kappa shape index (κ3) is 3.38. The lowest BCUT2D eigenvalue weighted by Gasteiger charge is -2.30. The van der Waals surface area contributed by atoms with Gasteiger partial charge in [-0.15, -0.1) is 0 Å². The van der Waals surface area contributed by atoms with Crippen molar-refractivity contribution in [1.29, 1.82) is 0 Å². The summed E-state index contributed by atoms with van der Waals surface area (Å²) in [5, 5.41) is 0. The molecule has 1 rings (SSSR count). The molecule has 16 heavy (non-hydrogen) atoms. The Bertz CT molecular complexity index is 362. The summed E-state index contributed by atoms with van der Waals surface area (Å²) in [6, 6.07) is 0. The highest BCUT2D eigenvalue weighted by Crippen LogP contribution is 2.21. The molecule has 6 nitrogen and oxygen atoms in total. The zero-order valence-electron chi connectivity index (χ0n) is 9.26. The number of nitrogens with zero attached hydrogens (tertiary/aromatic N) is 2. The minimum atomic E-state index is -3.38. The minimum Gasteiger partial charge on any atom is -0.384 e. The van der Waals surface area contributed by atoms with Gasteiger partial charge >= 0.3 is 0 Å². The molecule has 0 spiro atoms. The van der Waals surface area contributed by atoms with Crippen molar-refractivity contribution in [2.45, 2.75) is 25.4 Å². The lowest BCUT2D eigenvalue weighted by Crippen LogP contribution is -2.44. The number of carbonyl (C=O) groups excluding carboxylic acids is 1. The lowest BCUT2D eigenvalue weighted by molar-refractivity contribution is 0.211. The fraction of sp³-hybridized carbons (Fsp3) is 0.889. The van der Waals surface area contributed by atoms with E-state index in [4.69, 9.17) is 4.74 Å². The number of rotatable bonds is 5. The summed E-state index contributed by atoms with van der Waals surface area (Å²) in [5.41, 5.74) is 0. The number of piperidine rings is 1. The highest BCUT2D eigenvalue weighted by atomic mass is 32.2. The van der Waals surface area contributed by atoms with Crippen LogP contribution in [0.2, 0.25) is 0 Å². The molecule has 0 bridgehead atoms. The van der Waals surface area contributed by atoms with Gasteiger partial charge in [0.15, 0.2) is 0 Å². The van der Waals surface area contributed by atoms with Crippen LogP contribution in [0.1, 0.15) is 19.3 Å². The number of methoxy groups -OCH3 is 1. The van der Waals surface area contributed by atoms with Gasteiger partial charge in [0.05, 0.1) is 12.4 Å². The van der Waals surface area contributed by atoms with Gasteiger partial charge in [0.1, 0.15) is 6.17 Å². The van der Waals surface area contributed by atoms with Crippen LogP contribution in [0.4, 0.5) is 0 Å². The molecule has 0 aliphatic carbocycles. The molecular formula is C9H16N2O4S. The summed E-state index contributed by atoms with van der Waals surface area (Å²) in [4.78, 5) is 13.8. The average Bonchev–Trinajstić information content (AvgIpc) is 2.27. The second kappa shape index (κ2) is 6.10. The first-order valence-electron chi connectivity index (χ1n) is 5.17. The van der Waals surface area contributed by atoms with Gasteiger partial charge < -0.3 is 4.74 Å². The summed E-state index contributed by atoms with van der Waals surface area (Å²) < 4.78 is 29.8. The number of ether oxygens (including phenoxy) is 1. The number of isocyanates is 1. The zero-order chi connectivity index (χ0) is 12.0. The second-order valence-electron chi connectivity index (χ2n) is 3.62. The molecule has 1 unspecified atom stereocenters. The van der Waals surface area contributed by atoms with Crippen LogP contribution in [0.5, 0.6) is 0 Å². The molecule has 0 aromatic carbocycles. The Kier molecular flexibility index (Phi) is 5.08. The first-order chi connectivity index (χ1) is 7.61. The van der Waals surface area contributed by atoms with Crippen molar-refractivity contribution in [3.8, 4) is 0 Å². The van der Waals surface area contributed by atoms with Gasteiger partial charge in [0.25, 0.3) is 0 Å². The van der Waals surface area contributed by atoms with Crippen molar-refractivity contribution in [3.05, 3.63) is 0 Å². The van der Waals surface area contributed by atoms with E-state index in [9.17, 15) is 13.2 Å². The molecule has 92 valence electrons. The van der Waals surface area contributed by atoms with Gasteiger partial charge in [-0.2, -0.15) is 9.30 Å². The summed E-state index contributed by atoms with van der Waals surface area (Å²) in [6.07, 6.45) is 3.13. The Balaban J connectivity index is 2.77. The SMILES string of the molecule is COCCS(=O)(=O)N1CCCCC1N=C=O. The van der Waals surface area contributed by atoms with Gasteiger partial charge in [-0.05, 0) is 19.3 Å². The van der Waals surface area contributed by atoms with Crippen LogP contribution in [0, 0.1) is 0 Å². The number of aliphatic imine (C=N–C) groups is 1. The molecule has 0 aromatic heterocycles. The maximum Gasteiger partial charge on any atom is 0.236 e. The Morgan fingerprint density at radius 1 is 1.50 bits per heavy atom. The monoisotopic (exact) mass is 248 g/mol. The van der Waals surface area contributed by atoms with E-state index in [-0.39, 0.29) is 12.4 Å². The van der Waals surface area contributed by atoms with Crippen molar-refractivity contribution in [3.63, 3.8) is 0 Å². The first-order valence-corrected chi connectivity index (χ1v) is 6.78. The van der Waals surface area contributed by atoms with E-state index in [2.05, 4.69) is 4.99 Å². The molecule has 0 aromatic rings. The molecule has 0 radical (unpaired) electrons. The van der Waals surface area contributed by atoms with E-state index in [1.165, 1.54) is 17.5 Å². The van der Waals surface area contributed by atoms with E-state index < -0.39 is 16.2 Å². The smallest absolute Gasteiger partial charge is 0.236 e. The molecule has 0 saturated carbocycles. The Labute approximate surface area is 95.3 Å². The van der Waals surface area contributed by atoms with E-state index in [0.717, 1.165) is 12.8 Å². The molecular weight excluding hydrogens is 232 g/mol. The maximum absolute atomic E-state index is 11.9. The van der Waals surface area contributed by atoms with Gasteiger partial charge in [0, 0.05) is 13.7 Å². The maximum atomic E-state index is 11.9. The minimum absolute atomic E-state index is 0.0750. The van der Waals surface area contributed by atoms with Crippen LogP contribution in [0.15, 0.2) is 4.99 Å². The lowest BCUT2D eigenvalue weighted by atomic mass is 10.1. The Morgan fingerprint density at radius 3 is 2.88 bits per heavy atom. The fourth-order valence-corrected chi connectivity index (χ4v) is 3.25. The number of sulfonamides is 1. The van der Waals surface area contributed by atoms with Gasteiger partial charge in [-0.25, -0.2) is 13.2 Å². The Morgan fingerprint density at radius 2 is 2.25 bits per heavy atom. The van der Waals surface area contributed by atoms with Crippen LogP contribution in [0.3, 0.4) is 0 Å². The Hall–Kier alpha value is -0.750. The van der Waals surface area contributed by atoms with E-state index in [0.29, 0.717) is 13.0 Å². The van der Waals surface area contributed by atoms with Crippen LogP contribution >= 0.6 is 0 Å². The largest absolute Gasteiger partial charge is 0.384 e. The van der Waals surface area contributed by atoms with Crippen LogP contribution < -0.4 is 0 Å². The molecule has 1 aliphatic heterocycles. The van der Waals surface area contributed by atoms with Crippen molar-refractivity contribution in [1.82, 2.24) is 4.31 Å². The van der Waals surface area contributed by atoms with Crippen LogP contribution in [-0.4, -0.2) is 51.0 Å². The predicted molar refractivity (Wildman–Crippen MR) is 58.1 cm³/mol. The highest BCUT2D eigenvalue weighted by molar-refractivity contribution is 7.89. The topological polar surface area (TPSA) is 76.0 Å². The van der Waals surface area contributed by atoms with Crippen molar-refractivity contribution in [2.75, 3.05) is 26.0 Å². The molecule has 1 heterocycles. The third-order valence-electron chi connectivity index (χ3n) is 2.53. The van der Waals surface area contributed by atoms with Gasteiger partial charge in [-0.1, -0.05) is 0 Å². The summed E-state index contributed by atoms with van der Waals surface area (Å²) in [7, 11) is -1.93. The average molecular weight is 248 g/mol. The summed E-state index contributed by atoms with van der Waals surface area (Å²) in [6.45, 7) is 0.568. The fourth-order valence-electron chi connectivity index (χ4n) is 1.71. The van der Waals surface area contributed by atoms with E-state index in [1.54, 1.807) is 0 Å². The predicted octanol–water partition coefficient (Wildman–Crippen LogP) is 0.110. The van der Waals surface area contributed by atoms with Crippen LogP contribution in [0.25, 0.3) is 0 Å². The van der Waals surface area contributed by atoms with Gasteiger partial charge in [0.2, 0.25) is 16.1 Å². The number of hydrogen-bond donors (Lipinski definition) is 0. The van der Waals surface area contributed by atoms with Crippen molar-refractivity contribution in [2.24, 2.45) is 4.99 Å². The molecule has 1 atom stereocenters. The molecule has 0 N–H and O–H groups in total. The molecule has 7 heteroatoms. The normalized spacial score (nSPS) is 22.7.